The van der Waals surface area contributed by atoms with Crippen LogP contribution in [0.15, 0.2) is 34.8 Å². The molecule has 1 amide bonds. The summed E-state index contributed by atoms with van der Waals surface area (Å²) in [6.07, 6.45) is 3.75. The monoisotopic (exact) mass is 353 g/mol. The van der Waals surface area contributed by atoms with Crippen LogP contribution in [0.5, 0.6) is 0 Å². The van der Waals surface area contributed by atoms with Gasteiger partial charge >= 0.3 is 5.97 Å². The highest BCUT2D eigenvalue weighted by atomic mass is 79.9. The van der Waals surface area contributed by atoms with Crippen LogP contribution in [-0.2, 0) is 14.3 Å². The van der Waals surface area contributed by atoms with Crippen LogP contribution in [0.4, 0.5) is 0 Å². The molecule has 21 heavy (non-hydrogen) atoms. The van der Waals surface area contributed by atoms with E-state index in [2.05, 4.69) is 21.2 Å². The Morgan fingerprint density at radius 3 is 2.71 bits per heavy atom. The van der Waals surface area contributed by atoms with Crippen LogP contribution in [0, 0.1) is 0 Å². The molecule has 1 N–H and O–H groups in total. The quantitative estimate of drug-likeness (QED) is 0.630. The average molecular weight is 354 g/mol. The normalized spacial score (nSPS) is 11.4. The number of amides is 1. The van der Waals surface area contributed by atoms with Gasteiger partial charge in [-0.15, -0.1) is 0 Å². The first-order chi connectivity index (χ1) is 9.82. The molecular formula is C16H20BrNO3. The van der Waals surface area contributed by atoms with Crippen molar-refractivity contribution in [3.8, 4) is 0 Å². The maximum Gasteiger partial charge on any atom is 0.331 e. The Morgan fingerprint density at radius 1 is 1.38 bits per heavy atom. The van der Waals surface area contributed by atoms with Gasteiger partial charge in [-0.1, -0.05) is 35.0 Å². The second-order valence-electron chi connectivity index (χ2n) is 5.28. The summed E-state index contributed by atoms with van der Waals surface area (Å²) in [6, 6.07) is 7.51. The molecule has 0 aliphatic rings. The van der Waals surface area contributed by atoms with Gasteiger partial charge in [-0.3, -0.25) is 4.79 Å². The van der Waals surface area contributed by atoms with Crippen molar-refractivity contribution in [2.75, 3.05) is 6.61 Å². The van der Waals surface area contributed by atoms with E-state index >= 15 is 0 Å². The number of halogens is 1. The number of carbonyl (C=O) groups is 2. The lowest BCUT2D eigenvalue weighted by Gasteiger charge is -2.24. The van der Waals surface area contributed by atoms with Crippen LogP contribution in [0.25, 0.3) is 6.08 Å². The number of ether oxygens (including phenoxy) is 1. The second kappa shape index (κ2) is 7.98. The molecule has 0 aromatic heterocycles. The van der Waals surface area contributed by atoms with Gasteiger partial charge in [0, 0.05) is 16.1 Å². The predicted octanol–water partition coefficient (Wildman–Crippen LogP) is 3.31. The minimum atomic E-state index is -0.542. The first-order valence-electron chi connectivity index (χ1n) is 6.74. The Labute approximate surface area is 133 Å². The lowest BCUT2D eigenvalue weighted by Crippen LogP contribution is -2.44. The summed E-state index contributed by atoms with van der Waals surface area (Å²) < 4.78 is 5.83. The molecule has 0 bridgehead atoms. The Kier molecular flexibility index (Phi) is 6.62. The van der Waals surface area contributed by atoms with Gasteiger partial charge in [-0.25, -0.2) is 4.79 Å². The van der Waals surface area contributed by atoms with Gasteiger partial charge < -0.3 is 10.1 Å². The number of hydrogen-bond donors (Lipinski definition) is 1. The Hall–Kier alpha value is -1.62. The van der Waals surface area contributed by atoms with Gasteiger partial charge in [0.15, 0.2) is 6.61 Å². The molecule has 1 rings (SSSR count). The van der Waals surface area contributed by atoms with Crippen molar-refractivity contribution < 1.29 is 14.3 Å². The minimum Gasteiger partial charge on any atom is -0.452 e. The third-order valence-corrected chi connectivity index (χ3v) is 3.46. The third kappa shape index (κ3) is 7.09. The third-order valence-electron chi connectivity index (χ3n) is 2.97. The van der Waals surface area contributed by atoms with Crippen molar-refractivity contribution in [3.63, 3.8) is 0 Å². The smallest absolute Gasteiger partial charge is 0.331 e. The number of nitrogens with one attached hydrogen (secondary N) is 1. The second-order valence-corrected chi connectivity index (χ2v) is 6.20. The molecule has 0 saturated carbocycles. The molecular weight excluding hydrogens is 334 g/mol. The molecule has 0 radical (unpaired) electrons. The molecule has 5 heteroatoms. The Balaban J connectivity index is 2.42. The van der Waals surface area contributed by atoms with Crippen LogP contribution in [0.1, 0.15) is 32.8 Å². The molecule has 0 atom stereocenters. The van der Waals surface area contributed by atoms with Gasteiger partial charge in [-0.2, -0.15) is 0 Å². The molecule has 0 spiro atoms. The largest absolute Gasteiger partial charge is 0.452 e. The average Bonchev–Trinajstić information content (AvgIpc) is 2.42. The summed E-state index contributed by atoms with van der Waals surface area (Å²) in [4.78, 5) is 23.2. The van der Waals surface area contributed by atoms with Crippen molar-refractivity contribution in [1.29, 1.82) is 0 Å². The van der Waals surface area contributed by atoms with E-state index in [1.165, 1.54) is 6.08 Å². The first kappa shape index (κ1) is 17.4. The number of rotatable bonds is 6. The van der Waals surface area contributed by atoms with Crippen molar-refractivity contribution in [2.24, 2.45) is 0 Å². The van der Waals surface area contributed by atoms with E-state index in [0.29, 0.717) is 0 Å². The molecule has 1 aromatic rings. The maximum absolute atomic E-state index is 11.6. The highest BCUT2D eigenvalue weighted by molar-refractivity contribution is 9.10. The van der Waals surface area contributed by atoms with Gasteiger partial charge in [-0.05, 0) is 44.0 Å². The van der Waals surface area contributed by atoms with Crippen molar-refractivity contribution in [1.82, 2.24) is 5.32 Å². The zero-order valence-electron chi connectivity index (χ0n) is 12.5. The topological polar surface area (TPSA) is 55.4 Å². The van der Waals surface area contributed by atoms with E-state index in [1.807, 2.05) is 45.0 Å². The molecule has 0 heterocycles. The van der Waals surface area contributed by atoms with Crippen LogP contribution in [0.3, 0.4) is 0 Å². The zero-order chi connectivity index (χ0) is 15.9. The summed E-state index contributed by atoms with van der Waals surface area (Å²) in [5, 5.41) is 2.80. The van der Waals surface area contributed by atoms with Gasteiger partial charge in [0.05, 0.1) is 0 Å². The molecule has 1 aromatic carbocycles. The molecule has 0 aliphatic carbocycles. The summed E-state index contributed by atoms with van der Waals surface area (Å²) in [6.45, 7) is 5.54. The molecule has 0 unspecified atom stereocenters. The summed E-state index contributed by atoms with van der Waals surface area (Å²) in [5.74, 6) is -0.842. The van der Waals surface area contributed by atoms with E-state index in [1.54, 1.807) is 6.08 Å². The van der Waals surface area contributed by atoms with Gasteiger partial charge in [0.2, 0.25) is 0 Å². The zero-order valence-corrected chi connectivity index (χ0v) is 14.1. The fourth-order valence-corrected chi connectivity index (χ4v) is 1.88. The van der Waals surface area contributed by atoms with E-state index in [9.17, 15) is 9.59 Å². The predicted molar refractivity (Wildman–Crippen MR) is 86.6 cm³/mol. The van der Waals surface area contributed by atoms with Gasteiger partial charge in [0.1, 0.15) is 0 Å². The van der Waals surface area contributed by atoms with Crippen molar-refractivity contribution >= 4 is 33.9 Å². The lowest BCUT2D eigenvalue weighted by molar-refractivity contribution is -0.144. The van der Waals surface area contributed by atoms with Crippen LogP contribution in [-0.4, -0.2) is 24.0 Å². The van der Waals surface area contributed by atoms with Crippen LogP contribution in [0.2, 0.25) is 0 Å². The van der Waals surface area contributed by atoms with Crippen molar-refractivity contribution in [2.45, 2.75) is 32.7 Å². The van der Waals surface area contributed by atoms with Crippen LogP contribution >= 0.6 is 15.9 Å². The maximum atomic E-state index is 11.6. The lowest BCUT2D eigenvalue weighted by atomic mass is 10.0. The highest BCUT2D eigenvalue weighted by Crippen LogP contribution is 2.12. The number of benzene rings is 1. The summed E-state index contributed by atoms with van der Waals surface area (Å²) in [5.41, 5.74) is 0.577. The SMILES string of the molecule is CCC(C)(C)NC(=O)COC(=O)/C=C/c1cccc(Br)c1. The van der Waals surface area contributed by atoms with E-state index in [0.717, 1.165) is 16.5 Å². The first-order valence-corrected chi connectivity index (χ1v) is 7.53. The number of esters is 1. The van der Waals surface area contributed by atoms with Crippen molar-refractivity contribution in [3.05, 3.63) is 40.4 Å². The molecule has 0 fully saturated rings. The Morgan fingerprint density at radius 2 is 2.10 bits per heavy atom. The highest BCUT2D eigenvalue weighted by Gasteiger charge is 2.18. The Bertz CT molecular complexity index is 538. The van der Waals surface area contributed by atoms with Crippen LogP contribution < -0.4 is 5.32 Å². The number of hydrogen-bond acceptors (Lipinski definition) is 3. The molecule has 4 nitrogen and oxygen atoms in total. The molecule has 0 saturated heterocycles. The van der Waals surface area contributed by atoms with E-state index < -0.39 is 5.97 Å². The standard InChI is InChI=1S/C16H20BrNO3/c1-4-16(2,3)18-14(19)11-21-15(20)9-8-12-6-5-7-13(17)10-12/h5-10H,4,11H2,1-3H3,(H,18,19)/b9-8+. The van der Waals surface area contributed by atoms with E-state index in [-0.39, 0.29) is 18.1 Å². The fourth-order valence-electron chi connectivity index (χ4n) is 1.46. The fraction of sp³-hybridized carbons (Fsp3) is 0.375. The molecule has 0 aliphatic heterocycles. The minimum absolute atomic E-state index is 0.273. The number of carbonyl (C=O) groups excluding carboxylic acids is 2. The summed E-state index contributed by atoms with van der Waals surface area (Å²) >= 11 is 3.35. The summed E-state index contributed by atoms with van der Waals surface area (Å²) in [7, 11) is 0. The van der Waals surface area contributed by atoms with E-state index in [4.69, 9.17) is 4.74 Å². The van der Waals surface area contributed by atoms with Gasteiger partial charge in [0.25, 0.3) is 5.91 Å². The molecule has 114 valence electrons.